The van der Waals surface area contributed by atoms with Crippen molar-refractivity contribution in [3.63, 3.8) is 0 Å². The van der Waals surface area contributed by atoms with E-state index in [1.165, 1.54) is 0 Å². The van der Waals surface area contributed by atoms with Crippen molar-refractivity contribution in [2.24, 2.45) is 0 Å². The van der Waals surface area contributed by atoms with Crippen LogP contribution in [-0.4, -0.2) is 35.8 Å². The maximum absolute atomic E-state index is 11.8. The highest BCUT2D eigenvalue weighted by Gasteiger charge is 2.25. The molecular formula is C18H30ClN3O2. The Kier molecular flexibility index (Phi) is 7.80. The number of ether oxygens (including phenoxy) is 1. The summed E-state index contributed by atoms with van der Waals surface area (Å²) in [5, 5.41) is 3.64. The summed E-state index contributed by atoms with van der Waals surface area (Å²) >= 11 is 6.33. The van der Waals surface area contributed by atoms with E-state index in [1.54, 1.807) is 6.20 Å². The molecular weight excluding hydrogens is 326 g/mol. The summed E-state index contributed by atoms with van der Waals surface area (Å²) in [6, 6.07) is 2.04. The van der Waals surface area contributed by atoms with Crippen molar-refractivity contribution in [1.82, 2.24) is 10.3 Å². The summed E-state index contributed by atoms with van der Waals surface area (Å²) in [6.07, 6.45) is 3.13. The van der Waals surface area contributed by atoms with Gasteiger partial charge in [-0.05, 0) is 52.2 Å². The number of halogens is 1. The fourth-order valence-corrected chi connectivity index (χ4v) is 2.69. The molecule has 0 aliphatic carbocycles. The van der Waals surface area contributed by atoms with Crippen LogP contribution in [0.2, 0.25) is 5.02 Å². The third-order valence-corrected chi connectivity index (χ3v) is 4.05. The van der Waals surface area contributed by atoms with Crippen molar-refractivity contribution >= 4 is 23.5 Å². The number of aryl methyl sites for hydroxylation is 1. The molecule has 1 saturated heterocycles. The van der Waals surface area contributed by atoms with E-state index in [-0.39, 0.29) is 12.1 Å². The predicted molar refractivity (Wildman–Crippen MR) is 99.9 cm³/mol. The van der Waals surface area contributed by atoms with Crippen LogP contribution >= 0.6 is 11.6 Å². The van der Waals surface area contributed by atoms with Crippen LogP contribution in [0.25, 0.3) is 0 Å². The fraction of sp³-hybridized carbons (Fsp3) is 0.667. The quantitative estimate of drug-likeness (QED) is 0.844. The topological polar surface area (TPSA) is 54.5 Å². The van der Waals surface area contributed by atoms with E-state index in [4.69, 9.17) is 16.3 Å². The van der Waals surface area contributed by atoms with Crippen molar-refractivity contribution in [1.29, 1.82) is 0 Å². The number of nitrogens with zero attached hydrogens (tertiary/aromatic N) is 2. The van der Waals surface area contributed by atoms with Gasteiger partial charge in [0.05, 0.1) is 5.02 Å². The number of anilines is 1. The van der Waals surface area contributed by atoms with Crippen LogP contribution in [0.1, 0.15) is 53.0 Å². The second-order valence-electron chi connectivity index (χ2n) is 6.67. The van der Waals surface area contributed by atoms with E-state index >= 15 is 0 Å². The van der Waals surface area contributed by atoms with Gasteiger partial charge in [-0.3, -0.25) is 0 Å². The van der Waals surface area contributed by atoms with Crippen LogP contribution in [0, 0.1) is 6.92 Å². The Morgan fingerprint density at radius 2 is 1.92 bits per heavy atom. The zero-order valence-corrected chi connectivity index (χ0v) is 16.4. The molecule has 2 rings (SSSR count). The molecule has 1 aromatic heterocycles. The lowest BCUT2D eigenvalue weighted by atomic mass is 10.1. The first-order valence-corrected chi connectivity index (χ1v) is 8.99. The van der Waals surface area contributed by atoms with Gasteiger partial charge in [0.15, 0.2) is 0 Å². The van der Waals surface area contributed by atoms with Gasteiger partial charge in [-0.15, -0.1) is 0 Å². The van der Waals surface area contributed by atoms with Gasteiger partial charge in [-0.25, -0.2) is 9.78 Å². The van der Waals surface area contributed by atoms with Crippen molar-refractivity contribution in [2.45, 2.75) is 66.0 Å². The summed E-state index contributed by atoms with van der Waals surface area (Å²) < 4.78 is 5.29. The highest BCUT2D eigenvalue weighted by Crippen LogP contribution is 2.28. The largest absolute Gasteiger partial charge is 0.444 e. The summed E-state index contributed by atoms with van der Waals surface area (Å²) in [5.74, 6) is 0.831. The number of alkyl carbamates (subject to hydrolysis) is 1. The second-order valence-corrected chi connectivity index (χ2v) is 7.05. The Bertz CT molecular complexity index is 536. The second kappa shape index (κ2) is 9.11. The summed E-state index contributed by atoms with van der Waals surface area (Å²) in [4.78, 5) is 18.3. The minimum atomic E-state index is -0.468. The number of nitrogens with one attached hydrogen (secondary N) is 1. The third-order valence-electron chi connectivity index (χ3n) is 3.58. The average molecular weight is 356 g/mol. The molecule has 1 aliphatic heterocycles. The fourth-order valence-electron chi connectivity index (χ4n) is 2.46. The zero-order chi connectivity index (χ0) is 18.3. The van der Waals surface area contributed by atoms with Gasteiger partial charge in [-0.2, -0.15) is 0 Å². The van der Waals surface area contributed by atoms with Crippen molar-refractivity contribution in [3.8, 4) is 0 Å². The molecule has 0 radical (unpaired) electrons. The van der Waals surface area contributed by atoms with Crippen LogP contribution < -0.4 is 10.2 Å². The van der Waals surface area contributed by atoms with E-state index in [0.29, 0.717) is 5.02 Å². The van der Waals surface area contributed by atoms with E-state index < -0.39 is 5.60 Å². The van der Waals surface area contributed by atoms with Gasteiger partial charge in [-0.1, -0.05) is 25.4 Å². The Balaban J connectivity index is 0.00000139. The number of hydrogen-bond donors (Lipinski definition) is 1. The summed E-state index contributed by atoms with van der Waals surface area (Å²) in [7, 11) is 0. The normalized spacial score (nSPS) is 15.4. The SMILES string of the molecule is CC.Cc1ccnc(N2CCC(NC(=O)OC(C)(C)C)CC2)c1Cl. The summed E-state index contributed by atoms with van der Waals surface area (Å²) in [6.45, 7) is 13.2. The molecule has 5 nitrogen and oxygen atoms in total. The average Bonchev–Trinajstić information content (AvgIpc) is 2.51. The zero-order valence-electron chi connectivity index (χ0n) is 15.6. The van der Waals surface area contributed by atoms with Crippen LogP contribution in [0.4, 0.5) is 10.6 Å². The van der Waals surface area contributed by atoms with Crippen molar-refractivity contribution in [2.75, 3.05) is 18.0 Å². The molecule has 2 heterocycles. The molecule has 1 fully saturated rings. The maximum Gasteiger partial charge on any atom is 0.407 e. The van der Waals surface area contributed by atoms with Gasteiger partial charge in [0.1, 0.15) is 11.4 Å². The van der Waals surface area contributed by atoms with Crippen LogP contribution in [0.5, 0.6) is 0 Å². The first kappa shape index (κ1) is 20.6. The molecule has 0 spiro atoms. The molecule has 136 valence electrons. The van der Waals surface area contributed by atoms with Gasteiger partial charge in [0, 0.05) is 25.3 Å². The number of hydrogen-bond acceptors (Lipinski definition) is 4. The van der Waals surface area contributed by atoms with E-state index in [2.05, 4.69) is 15.2 Å². The molecule has 0 bridgehead atoms. The van der Waals surface area contributed by atoms with Gasteiger partial charge in [0.25, 0.3) is 0 Å². The number of aromatic nitrogens is 1. The molecule has 6 heteroatoms. The lowest BCUT2D eigenvalue weighted by Gasteiger charge is -2.34. The highest BCUT2D eigenvalue weighted by molar-refractivity contribution is 6.33. The molecule has 0 saturated carbocycles. The lowest BCUT2D eigenvalue weighted by molar-refractivity contribution is 0.0497. The number of carbonyl (C=O) groups is 1. The molecule has 1 N–H and O–H groups in total. The number of pyridine rings is 1. The summed E-state index contributed by atoms with van der Waals surface area (Å²) in [5.41, 5.74) is 0.560. The Morgan fingerprint density at radius 1 is 1.33 bits per heavy atom. The monoisotopic (exact) mass is 355 g/mol. The van der Waals surface area contributed by atoms with Crippen molar-refractivity contribution < 1.29 is 9.53 Å². The van der Waals surface area contributed by atoms with Crippen molar-refractivity contribution in [3.05, 3.63) is 22.8 Å². The maximum atomic E-state index is 11.8. The Morgan fingerprint density at radius 3 is 2.46 bits per heavy atom. The number of amides is 1. The van der Waals surface area contributed by atoms with E-state index in [9.17, 15) is 4.79 Å². The van der Waals surface area contributed by atoms with Gasteiger partial charge < -0.3 is 15.0 Å². The van der Waals surface area contributed by atoms with Crippen LogP contribution in [0.3, 0.4) is 0 Å². The number of rotatable bonds is 2. The molecule has 1 amide bonds. The lowest BCUT2D eigenvalue weighted by Crippen LogP contribution is -2.46. The minimum absolute atomic E-state index is 0.134. The van der Waals surface area contributed by atoms with Gasteiger partial charge in [0.2, 0.25) is 0 Å². The number of piperidine rings is 1. The molecule has 24 heavy (non-hydrogen) atoms. The Hall–Kier alpha value is -1.49. The predicted octanol–water partition coefficient (Wildman–Crippen LogP) is 4.56. The van der Waals surface area contributed by atoms with Crippen LogP contribution in [-0.2, 0) is 4.74 Å². The Labute approximate surface area is 150 Å². The van der Waals surface area contributed by atoms with E-state index in [1.807, 2.05) is 47.6 Å². The molecule has 0 atom stereocenters. The minimum Gasteiger partial charge on any atom is -0.444 e. The first-order valence-electron chi connectivity index (χ1n) is 8.62. The first-order chi connectivity index (χ1) is 11.3. The van der Waals surface area contributed by atoms with Crippen LogP contribution in [0.15, 0.2) is 12.3 Å². The standard InChI is InChI=1S/C16H24ClN3O2.C2H6/c1-11-5-8-18-14(13(11)17)20-9-6-12(7-10-20)19-15(21)22-16(2,3)4;1-2/h5,8,12H,6-7,9-10H2,1-4H3,(H,19,21);1-2H3. The smallest absolute Gasteiger partial charge is 0.407 e. The van der Waals surface area contributed by atoms with E-state index in [0.717, 1.165) is 37.3 Å². The van der Waals surface area contributed by atoms with Gasteiger partial charge >= 0.3 is 6.09 Å². The molecule has 0 unspecified atom stereocenters. The molecule has 1 aromatic rings. The third kappa shape index (κ3) is 6.19. The highest BCUT2D eigenvalue weighted by atomic mass is 35.5. The molecule has 1 aliphatic rings. The number of carbonyl (C=O) groups excluding carboxylic acids is 1. The molecule has 0 aromatic carbocycles.